The molecule has 13 heavy (non-hydrogen) atoms. The summed E-state index contributed by atoms with van der Waals surface area (Å²) in [5.74, 6) is 0.765. The average molecular weight is 184 g/mol. The summed E-state index contributed by atoms with van der Waals surface area (Å²) in [6.45, 7) is 9.91. The van der Waals surface area contributed by atoms with Gasteiger partial charge in [0, 0.05) is 13.1 Å². The number of nitrogens with zero attached hydrogens (tertiary/aromatic N) is 1. The van der Waals surface area contributed by atoms with Crippen LogP contribution in [0.2, 0.25) is 0 Å². The predicted molar refractivity (Wildman–Crippen MR) is 59.8 cm³/mol. The van der Waals surface area contributed by atoms with Gasteiger partial charge in [0.2, 0.25) is 0 Å². The topological polar surface area (TPSA) is 15.3 Å². The molecule has 0 amide bonds. The van der Waals surface area contributed by atoms with E-state index in [1.54, 1.807) is 0 Å². The van der Waals surface area contributed by atoms with E-state index in [4.69, 9.17) is 0 Å². The molecule has 78 valence electrons. The first kappa shape index (κ1) is 12.5. The van der Waals surface area contributed by atoms with E-state index in [-0.39, 0.29) is 0 Å². The second kappa shape index (κ2) is 8.11. The molecule has 0 rings (SSSR count). The van der Waals surface area contributed by atoms with Crippen LogP contribution in [0.5, 0.6) is 0 Å². The Hall–Kier alpha value is -0.500. The molecule has 1 N–H and O–H groups in total. The number of nitrogens with one attached hydrogen (secondary N) is 1. The van der Waals surface area contributed by atoms with Crippen LogP contribution in [0.3, 0.4) is 0 Å². The zero-order valence-electron chi connectivity index (χ0n) is 9.51. The quantitative estimate of drug-likeness (QED) is 0.652. The summed E-state index contributed by atoms with van der Waals surface area (Å²) < 4.78 is 0. The fourth-order valence-corrected chi connectivity index (χ4v) is 1.46. The summed E-state index contributed by atoms with van der Waals surface area (Å²) in [6.07, 6.45) is 5.53. The molecule has 0 fully saturated rings. The molecule has 1 unspecified atom stereocenters. The van der Waals surface area contributed by atoms with Crippen molar-refractivity contribution in [3.8, 4) is 0 Å². The highest BCUT2D eigenvalue weighted by atomic mass is 15.1. The lowest BCUT2D eigenvalue weighted by molar-refractivity contribution is 0.308. The molecule has 0 aromatic carbocycles. The minimum Gasteiger partial charge on any atom is -0.378 e. The van der Waals surface area contributed by atoms with Crippen molar-refractivity contribution in [3.63, 3.8) is 0 Å². The van der Waals surface area contributed by atoms with E-state index in [1.807, 2.05) is 7.05 Å². The Balaban J connectivity index is 3.87. The molecular formula is C11H24N2. The molecule has 2 nitrogen and oxygen atoms in total. The first-order valence-corrected chi connectivity index (χ1v) is 5.29. The Kier molecular flexibility index (Phi) is 7.80. The number of hydrogen-bond donors (Lipinski definition) is 1. The molecule has 0 radical (unpaired) electrons. The van der Waals surface area contributed by atoms with Gasteiger partial charge in [0.05, 0.1) is 0 Å². The van der Waals surface area contributed by atoms with Gasteiger partial charge in [-0.25, -0.2) is 0 Å². The van der Waals surface area contributed by atoms with Crippen molar-refractivity contribution in [2.45, 2.75) is 27.2 Å². The molecule has 0 saturated heterocycles. The Bertz CT molecular complexity index is 132. The molecule has 2 heteroatoms. The fourth-order valence-electron chi connectivity index (χ4n) is 1.46. The zero-order chi connectivity index (χ0) is 10.1. The molecule has 0 aromatic heterocycles. The maximum atomic E-state index is 3.24. The monoisotopic (exact) mass is 184 g/mol. The van der Waals surface area contributed by atoms with E-state index >= 15 is 0 Å². The van der Waals surface area contributed by atoms with E-state index in [2.05, 4.69) is 43.3 Å². The Morgan fingerprint density at radius 2 is 2.08 bits per heavy atom. The highest BCUT2D eigenvalue weighted by molar-refractivity contribution is 4.79. The lowest BCUT2D eigenvalue weighted by Gasteiger charge is -2.24. The van der Waals surface area contributed by atoms with E-state index in [1.165, 1.54) is 6.42 Å². The third-order valence-electron chi connectivity index (χ3n) is 2.33. The minimum atomic E-state index is 0.765. The molecule has 0 aliphatic carbocycles. The lowest BCUT2D eigenvalue weighted by atomic mass is 10.1. The van der Waals surface area contributed by atoms with Crippen molar-refractivity contribution in [1.82, 2.24) is 10.2 Å². The van der Waals surface area contributed by atoms with Crippen LogP contribution in [0.15, 0.2) is 12.3 Å². The summed E-state index contributed by atoms with van der Waals surface area (Å²) in [5, 5.41) is 3.24. The van der Waals surface area contributed by atoms with E-state index in [9.17, 15) is 0 Å². The van der Waals surface area contributed by atoms with E-state index < -0.39 is 0 Å². The van der Waals surface area contributed by atoms with Crippen molar-refractivity contribution in [1.29, 1.82) is 0 Å². The van der Waals surface area contributed by atoms with Crippen LogP contribution in [0.4, 0.5) is 0 Å². The lowest BCUT2D eigenvalue weighted by Crippen LogP contribution is -2.30. The number of allylic oxidation sites excluding steroid dienone is 1. The summed E-state index contributed by atoms with van der Waals surface area (Å²) in [4.78, 5) is 2.37. The maximum Gasteiger partial charge on any atom is 0.0212 e. The Morgan fingerprint density at radius 1 is 1.38 bits per heavy atom. The van der Waals surface area contributed by atoms with Gasteiger partial charge in [-0.3, -0.25) is 0 Å². The van der Waals surface area contributed by atoms with Crippen molar-refractivity contribution in [3.05, 3.63) is 12.3 Å². The summed E-state index contributed by atoms with van der Waals surface area (Å²) >= 11 is 0. The van der Waals surface area contributed by atoms with Gasteiger partial charge >= 0.3 is 0 Å². The van der Waals surface area contributed by atoms with Gasteiger partial charge in [0.15, 0.2) is 0 Å². The Morgan fingerprint density at radius 3 is 2.46 bits per heavy atom. The smallest absolute Gasteiger partial charge is 0.0212 e. The summed E-state index contributed by atoms with van der Waals surface area (Å²) in [5.41, 5.74) is 0. The van der Waals surface area contributed by atoms with Crippen molar-refractivity contribution in [2.24, 2.45) is 5.92 Å². The maximum absolute atomic E-state index is 3.24. The molecule has 0 aromatic rings. The SMILES string of the molecule is C/C=C\N(CC)CC(CC)CNC. The molecule has 1 atom stereocenters. The van der Waals surface area contributed by atoms with Crippen molar-refractivity contribution in [2.75, 3.05) is 26.7 Å². The van der Waals surface area contributed by atoms with E-state index in [0.29, 0.717) is 0 Å². The molecule has 0 spiro atoms. The van der Waals surface area contributed by atoms with E-state index in [0.717, 1.165) is 25.6 Å². The second-order valence-corrected chi connectivity index (χ2v) is 3.40. The number of hydrogen-bond acceptors (Lipinski definition) is 2. The summed E-state index contributed by atoms with van der Waals surface area (Å²) in [6, 6.07) is 0. The standard InChI is InChI=1S/C11H24N2/c1-5-8-13(7-3)10-11(6-2)9-12-4/h5,8,11-12H,6-7,9-10H2,1-4H3/b8-5-. The van der Waals surface area contributed by atoms with Crippen molar-refractivity contribution < 1.29 is 0 Å². The van der Waals surface area contributed by atoms with Gasteiger partial charge in [0.25, 0.3) is 0 Å². The fraction of sp³-hybridized carbons (Fsp3) is 0.818. The molecule has 0 saturated carbocycles. The van der Waals surface area contributed by atoms with Crippen molar-refractivity contribution >= 4 is 0 Å². The number of rotatable bonds is 7. The van der Waals surface area contributed by atoms with Crippen LogP contribution in [-0.4, -0.2) is 31.6 Å². The van der Waals surface area contributed by atoms with Gasteiger partial charge in [-0.05, 0) is 39.6 Å². The van der Waals surface area contributed by atoms with Crippen LogP contribution >= 0.6 is 0 Å². The van der Waals surface area contributed by atoms with Gasteiger partial charge < -0.3 is 10.2 Å². The highest BCUT2D eigenvalue weighted by Gasteiger charge is 2.07. The van der Waals surface area contributed by atoms with Gasteiger partial charge in [0.1, 0.15) is 0 Å². The molecular weight excluding hydrogens is 160 g/mol. The first-order chi connectivity index (χ1) is 6.28. The van der Waals surface area contributed by atoms with Crippen LogP contribution in [0.1, 0.15) is 27.2 Å². The first-order valence-electron chi connectivity index (χ1n) is 5.29. The van der Waals surface area contributed by atoms with Gasteiger partial charge in [-0.1, -0.05) is 19.4 Å². The molecule has 0 aliphatic heterocycles. The van der Waals surface area contributed by atoms with Crippen LogP contribution in [0, 0.1) is 5.92 Å². The normalized spacial score (nSPS) is 13.5. The molecule has 0 bridgehead atoms. The zero-order valence-corrected chi connectivity index (χ0v) is 9.51. The second-order valence-electron chi connectivity index (χ2n) is 3.40. The molecule has 0 heterocycles. The van der Waals surface area contributed by atoms with Gasteiger partial charge in [-0.15, -0.1) is 0 Å². The van der Waals surface area contributed by atoms with Crippen LogP contribution in [-0.2, 0) is 0 Å². The predicted octanol–water partition coefficient (Wildman–Crippen LogP) is 2.09. The third kappa shape index (κ3) is 5.69. The molecule has 0 aliphatic rings. The largest absolute Gasteiger partial charge is 0.378 e. The highest BCUT2D eigenvalue weighted by Crippen LogP contribution is 2.04. The summed E-state index contributed by atoms with van der Waals surface area (Å²) in [7, 11) is 2.02. The van der Waals surface area contributed by atoms with Crippen LogP contribution in [0.25, 0.3) is 0 Å². The van der Waals surface area contributed by atoms with Gasteiger partial charge in [-0.2, -0.15) is 0 Å². The average Bonchev–Trinajstić information content (AvgIpc) is 2.16. The third-order valence-corrected chi connectivity index (χ3v) is 2.33. The van der Waals surface area contributed by atoms with Crippen LogP contribution < -0.4 is 5.32 Å². The Labute approximate surface area is 83.0 Å². The minimum absolute atomic E-state index is 0.765.